The molecule has 1 aliphatic rings. The van der Waals surface area contributed by atoms with Gasteiger partial charge in [-0.3, -0.25) is 4.79 Å². The zero-order chi connectivity index (χ0) is 17.0. The lowest BCUT2D eigenvalue weighted by atomic mass is 9.84. The third-order valence-electron chi connectivity index (χ3n) is 4.79. The maximum Gasteiger partial charge on any atom is 0.227 e. The van der Waals surface area contributed by atoms with Crippen molar-refractivity contribution < 1.29 is 4.79 Å². The number of carbonyl (C=O) groups excluding carboxylic acids is 1. The number of carbonyl (C=O) groups is 1. The molecule has 2 N–H and O–H groups in total. The lowest BCUT2D eigenvalue weighted by Gasteiger charge is -2.31. The van der Waals surface area contributed by atoms with Crippen LogP contribution in [0, 0.1) is 11.8 Å². The fourth-order valence-corrected chi connectivity index (χ4v) is 3.37. The SMILES string of the molecule is CC(C)[C@@H](C)NC1CCC(C(=O)Nc2ccc(Cl)cc2Cl)CC1. The quantitative estimate of drug-likeness (QED) is 0.767. The van der Waals surface area contributed by atoms with Gasteiger partial charge in [0, 0.05) is 23.0 Å². The highest BCUT2D eigenvalue weighted by atomic mass is 35.5. The summed E-state index contributed by atoms with van der Waals surface area (Å²) in [6.45, 7) is 6.69. The minimum Gasteiger partial charge on any atom is -0.325 e. The van der Waals surface area contributed by atoms with Gasteiger partial charge in [0.1, 0.15) is 0 Å². The van der Waals surface area contributed by atoms with E-state index in [2.05, 4.69) is 31.4 Å². The fourth-order valence-electron chi connectivity index (χ4n) is 2.91. The molecular weight excluding hydrogens is 331 g/mol. The van der Waals surface area contributed by atoms with E-state index in [4.69, 9.17) is 23.2 Å². The molecule has 1 fully saturated rings. The molecular formula is C18H26Cl2N2O. The van der Waals surface area contributed by atoms with Crippen molar-refractivity contribution in [2.75, 3.05) is 5.32 Å². The van der Waals surface area contributed by atoms with Gasteiger partial charge < -0.3 is 10.6 Å². The first kappa shape index (κ1) is 18.6. The Hall–Kier alpha value is -0.770. The van der Waals surface area contributed by atoms with Gasteiger partial charge in [-0.05, 0) is 56.7 Å². The Bertz CT molecular complexity index is 540. The Morgan fingerprint density at radius 1 is 1.13 bits per heavy atom. The second kappa shape index (κ2) is 8.36. The Morgan fingerprint density at radius 3 is 2.35 bits per heavy atom. The van der Waals surface area contributed by atoms with Crippen molar-refractivity contribution in [2.45, 2.75) is 58.5 Å². The van der Waals surface area contributed by atoms with Crippen LogP contribution in [0.4, 0.5) is 5.69 Å². The molecule has 0 saturated heterocycles. The van der Waals surface area contributed by atoms with Gasteiger partial charge in [-0.2, -0.15) is 0 Å². The number of rotatable bonds is 5. The average molecular weight is 357 g/mol. The molecule has 0 heterocycles. The van der Waals surface area contributed by atoms with E-state index >= 15 is 0 Å². The molecule has 0 spiro atoms. The van der Waals surface area contributed by atoms with Crippen LogP contribution < -0.4 is 10.6 Å². The highest BCUT2D eigenvalue weighted by molar-refractivity contribution is 6.36. The number of halogens is 2. The van der Waals surface area contributed by atoms with Crippen LogP contribution >= 0.6 is 23.2 Å². The molecule has 1 aromatic carbocycles. The minimum atomic E-state index is 0.0598. The summed E-state index contributed by atoms with van der Waals surface area (Å²) in [6, 6.07) is 6.17. The van der Waals surface area contributed by atoms with E-state index in [-0.39, 0.29) is 11.8 Å². The fraction of sp³-hybridized carbons (Fsp3) is 0.611. The molecule has 2 rings (SSSR count). The van der Waals surface area contributed by atoms with Crippen LogP contribution in [0.5, 0.6) is 0 Å². The third-order valence-corrected chi connectivity index (χ3v) is 5.33. The van der Waals surface area contributed by atoms with Gasteiger partial charge in [0.05, 0.1) is 10.7 Å². The van der Waals surface area contributed by atoms with Crippen LogP contribution in [0.3, 0.4) is 0 Å². The van der Waals surface area contributed by atoms with Gasteiger partial charge >= 0.3 is 0 Å². The predicted octanol–water partition coefficient (Wildman–Crippen LogP) is 5.12. The number of benzene rings is 1. The van der Waals surface area contributed by atoms with Crippen LogP contribution in [-0.4, -0.2) is 18.0 Å². The highest BCUT2D eigenvalue weighted by Crippen LogP contribution is 2.29. The van der Waals surface area contributed by atoms with E-state index in [0.29, 0.717) is 33.7 Å². The molecule has 0 bridgehead atoms. The topological polar surface area (TPSA) is 41.1 Å². The minimum absolute atomic E-state index is 0.0598. The Labute approximate surface area is 149 Å². The lowest BCUT2D eigenvalue weighted by Crippen LogP contribution is -2.42. The molecule has 1 aliphatic carbocycles. The zero-order valence-electron chi connectivity index (χ0n) is 14.0. The van der Waals surface area contributed by atoms with E-state index in [9.17, 15) is 4.79 Å². The maximum absolute atomic E-state index is 12.4. The van der Waals surface area contributed by atoms with Crippen molar-refractivity contribution in [3.05, 3.63) is 28.2 Å². The van der Waals surface area contributed by atoms with E-state index in [1.165, 1.54) is 0 Å². The van der Waals surface area contributed by atoms with E-state index in [0.717, 1.165) is 25.7 Å². The molecule has 128 valence electrons. The smallest absolute Gasteiger partial charge is 0.227 e. The second-order valence-corrected chi connectivity index (χ2v) is 7.70. The normalized spacial score (nSPS) is 22.9. The Balaban J connectivity index is 1.84. The van der Waals surface area contributed by atoms with Crippen molar-refractivity contribution in [1.82, 2.24) is 5.32 Å². The van der Waals surface area contributed by atoms with Crippen LogP contribution in [0.2, 0.25) is 10.0 Å². The predicted molar refractivity (Wildman–Crippen MR) is 98.3 cm³/mol. The van der Waals surface area contributed by atoms with Crippen molar-refractivity contribution in [3.8, 4) is 0 Å². The number of anilines is 1. The summed E-state index contributed by atoms with van der Waals surface area (Å²) >= 11 is 12.0. The maximum atomic E-state index is 12.4. The largest absolute Gasteiger partial charge is 0.325 e. The van der Waals surface area contributed by atoms with E-state index in [1.807, 2.05) is 0 Å². The molecule has 0 unspecified atom stereocenters. The van der Waals surface area contributed by atoms with Gasteiger partial charge in [0.15, 0.2) is 0 Å². The summed E-state index contributed by atoms with van der Waals surface area (Å²) in [7, 11) is 0. The Morgan fingerprint density at radius 2 is 1.78 bits per heavy atom. The van der Waals surface area contributed by atoms with E-state index < -0.39 is 0 Å². The van der Waals surface area contributed by atoms with Crippen molar-refractivity contribution >= 4 is 34.8 Å². The van der Waals surface area contributed by atoms with Crippen molar-refractivity contribution in [1.29, 1.82) is 0 Å². The van der Waals surface area contributed by atoms with Gasteiger partial charge in [0.2, 0.25) is 5.91 Å². The number of nitrogens with one attached hydrogen (secondary N) is 2. The number of hydrogen-bond donors (Lipinski definition) is 2. The van der Waals surface area contributed by atoms with Crippen molar-refractivity contribution in [2.24, 2.45) is 11.8 Å². The first-order chi connectivity index (χ1) is 10.9. The van der Waals surface area contributed by atoms with E-state index in [1.54, 1.807) is 18.2 Å². The summed E-state index contributed by atoms with van der Waals surface area (Å²) in [5, 5.41) is 7.65. The van der Waals surface area contributed by atoms with Crippen LogP contribution in [0.1, 0.15) is 46.5 Å². The standard InChI is InChI=1S/C18H26Cl2N2O/c1-11(2)12(3)21-15-7-4-13(5-8-15)18(23)22-17-9-6-14(19)10-16(17)20/h6,9-13,15,21H,4-5,7-8H2,1-3H3,(H,22,23)/t12-,13?,15?/m1/s1. The second-order valence-electron chi connectivity index (χ2n) is 6.86. The summed E-state index contributed by atoms with van der Waals surface area (Å²) in [4.78, 5) is 12.4. The highest BCUT2D eigenvalue weighted by Gasteiger charge is 2.27. The molecule has 1 aromatic rings. The first-order valence-electron chi connectivity index (χ1n) is 8.38. The number of hydrogen-bond acceptors (Lipinski definition) is 2. The summed E-state index contributed by atoms with van der Waals surface area (Å²) in [6.07, 6.45) is 3.92. The summed E-state index contributed by atoms with van der Waals surface area (Å²) in [5.74, 6) is 0.752. The molecule has 0 aliphatic heterocycles. The number of amides is 1. The molecule has 5 heteroatoms. The average Bonchev–Trinajstić information content (AvgIpc) is 2.50. The molecule has 23 heavy (non-hydrogen) atoms. The first-order valence-corrected chi connectivity index (χ1v) is 9.14. The van der Waals surface area contributed by atoms with Crippen molar-refractivity contribution in [3.63, 3.8) is 0 Å². The molecule has 1 saturated carbocycles. The summed E-state index contributed by atoms with van der Waals surface area (Å²) < 4.78 is 0. The van der Waals surface area contributed by atoms with Crippen LogP contribution in [0.25, 0.3) is 0 Å². The molecule has 1 amide bonds. The molecule has 0 radical (unpaired) electrons. The van der Waals surface area contributed by atoms with Gasteiger partial charge in [0.25, 0.3) is 0 Å². The monoisotopic (exact) mass is 356 g/mol. The van der Waals surface area contributed by atoms with Crippen LogP contribution in [0.15, 0.2) is 18.2 Å². The zero-order valence-corrected chi connectivity index (χ0v) is 15.5. The Kier molecular flexibility index (Phi) is 6.75. The molecule has 3 nitrogen and oxygen atoms in total. The third kappa shape index (κ3) is 5.37. The lowest BCUT2D eigenvalue weighted by molar-refractivity contribution is -0.120. The van der Waals surface area contributed by atoms with Gasteiger partial charge in [-0.15, -0.1) is 0 Å². The van der Waals surface area contributed by atoms with Gasteiger partial charge in [-0.25, -0.2) is 0 Å². The van der Waals surface area contributed by atoms with Gasteiger partial charge in [-0.1, -0.05) is 37.0 Å². The summed E-state index contributed by atoms with van der Waals surface area (Å²) in [5.41, 5.74) is 0.634. The molecule has 0 aromatic heterocycles. The molecule has 1 atom stereocenters. The van der Waals surface area contributed by atoms with Crippen LogP contribution in [-0.2, 0) is 4.79 Å².